The molecule has 3 aromatic heterocycles. The number of halogens is 2. The smallest absolute Gasteiger partial charge is 0.224 e. The summed E-state index contributed by atoms with van der Waals surface area (Å²) in [6.07, 6.45) is 8.07. The lowest BCUT2D eigenvalue weighted by molar-refractivity contribution is 0.126. The molecule has 5 nitrogen and oxygen atoms in total. The first-order chi connectivity index (χ1) is 12.1. The first kappa shape index (κ1) is 16.3. The van der Waals surface area contributed by atoms with Crippen LogP contribution < -0.4 is 4.74 Å². The minimum atomic E-state index is -0.296. The maximum atomic E-state index is 13.1. The normalized spacial score (nSPS) is 20.8. The second kappa shape index (κ2) is 6.59. The van der Waals surface area contributed by atoms with Gasteiger partial charge in [-0.25, -0.2) is 9.37 Å². The molecule has 130 valence electrons. The topological polar surface area (TPSA) is 52.8 Å². The van der Waals surface area contributed by atoms with Crippen molar-refractivity contribution in [3.8, 4) is 5.88 Å². The van der Waals surface area contributed by atoms with E-state index in [1.807, 2.05) is 13.0 Å². The number of hydrogen-bond acceptors (Lipinski definition) is 4. The third-order valence-corrected chi connectivity index (χ3v) is 4.81. The van der Waals surface area contributed by atoms with Crippen molar-refractivity contribution in [2.45, 2.75) is 44.8 Å². The number of rotatable bonds is 3. The zero-order valence-corrected chi connectivity index (χ0v) is 14.6. The number of aryl methyl sites for hydroxylation is 1. The first-order valence-electron chi connectivity index (χ1n) is 8.38. The van der Waals surface area contributed by atoms with Gasteiger partial charge in [-0.05, 0) is 44.2 Å². The molecule has 1 aliphatic carbocycles. The van der Waals surface area contributed by atoms with Crippen molar-refractivity contribution in [2.24, 2.45) is 0 Å². The van der Waals surface area contributed by atoms with Gasteiger partial charge >= 0.3 is 0 Å². The average molecular weight is 361 g/mol. The minimum absolute atomic E-state index is 0.0614. The largest absolute Gasteiger partial charge is 0.474 e. The van der Waals surface area contributed by atoms with Gasteiger partial charge in [0.05, 0.1) is 29.3 Å². The summed E-state index contributed by atoms with van der Waals surface area (Å²) in [6.45, 7) is 1.99. The predicted octanol–water partition coefficient (Wildman–Crippen LogP) is 4.49. The lowest BCUT2D eigenvalue weighted by Gasteiger charge is -2.29. The Balaban J connectivity index is 1.50. The molecule has 0 spiro atoms. The number of hydrogen-bond donors (Lipinski definition) is 0. The lowest BCUT2D eigenvalue weighted by Crippen LogP contribution is -2.26. The Morgan fingerprint density at radius 3 is 2.72 bits per heavy atom. The van der Waals surface area contributed by atoms with Crippen molar-refractivity contribution < 1.29 is 9.13 Å². The number of fused-ring (bicyclic) bond motifs is 1. The molecule has 0 unspecified atom stereocenters. The highest BCUT2D eigenvalue weighted by Crippen LogP contribution is 2.33. The molecular weight excluding hydrogens is 343 g/mol. The highest BCUT2D eigenvalue weighted by Gasteiger charge is 2.25. The SMILES string of the molecule is Cc1cnc2cc(Cl)nc(OC3CCC(n4cc(F)cn4)CC3)c2c1. The van der Waals surface area contributed by atoms with Gasteiger partial charge in [0.2, 0.25) is 5.88 Å². The van der Waals surface area contributed by atoms with Crippen LogP contribution in [0.4, 0.5) is 4.39 Å². The molecule has 1 aliphatic rings. The standard InChI is InChI=1S/C18H18ClFN4O/c1-11-6-15-16(21-8-11)7-17(19)23-18(15)25-14-4-2-13(3-5-14)24-10-12(20)9-22-24/h6-10,13-14H,2-5H2,1H3. The van der Waals surface area contributed by atoms with Crippen LogP contribution in [0.3, 0.4) is 0 Å². The maximum absolute atomic E-state index is 13.1. The van der Waals surface area contributed by atoms with E-state index in [0.717, 1.165) is 42.1 Å². The van der Waals surface area contributed by atoms with Crippen LogP contribution in [0.1, 0.15) is 37.3 Å². The second-order valence-electron chi connectivity index (χ2n) is 6.52. The summed E-state index contributed by atoms with van der Waals surface area (Å²) in [5.41, 5.74) is 1.83. The minimum Gasteiger partial charge on any atom is -0.474 e. The van der Waals surface area contributed by atoms with Crippen molar-refractivity contribution >= 4 is 22.5 Å². The van der Waals surface area contributed by atoms with Gasteiger partial charge in [-0.3, -0.25) is 9.67 Å². The van der Waals surface area contributed by atoms with Gasteiger partial charge in [-0.2, -0.15) is 5.10 Å². The second-order valence-corrected chi connectivity index (χ2v) is 6.90. The molecule has 0 radical (unpaired) electrons. The molecule has 1 fully saturated rings. The van der Waals surface area contributed by atoms with Gasteiger partial charge < -0.3 is 4.74 Å². The number of pyridine rings is 2. The quantitative estimate of drug-likeness (QED) is 0.646. The van der Waals surface area contributed by atoms with E-state index in [0.29, 0.717) is 11.0 Å². The molecule has 0 N–H and O–H groups in total. The molecule has 0 aromatic carbocycles. The van der Waals surface area contributed by atoms with Crippen LogP contribution >= 0.6 is 11.6 Å². The van der Waals surface area contributed by atoms with Gasteiger partial charge in [0.15, 0.2) is 5.82 Å². The van der Waals surface area contributed by atoms with Crippen LogP contribution in [0.15, 0.2) is 30.7 Å². The maximum Gasteiger partial charge on any atom is 0.224 e. The fourth-order valence-electron chi connectivity index (χ4n) is 3.36. The van der Waals surface area contributed by atoms with E-state index in [-0.39, 0.29) is 18.0 Å². The Bertz CT molecular complexity index is 905. The highest BCUT2D eigenvalue weighted by molar-refractivity contribution is 6.30. The highest BCUT2D eigenvalue weighted by atomic mass is 35.5. The van der Waals surface area contributed by atoms with E-state index in [1.165, 1.54) is 12.4 Å². The molecule has 0 amide bonds. The Labute approximate surface area is 149 Å². The van der Waals surface area contributed by atoms with E-state index in [9.17, 15) is 4.39 Å². The molecule has 0 aliphatic heterocycles. The average Bonchev–Trinajstić information content (AvgIpc) is 3.02. The van der Waals surface area contributed by atoms with Crippen molar-refractivity contribution in [1.29, 1.82) is 0 Å². The molecule has 25 heavy (non-hydrogen) atoms. The van der Waals surface area contributed by atoms with Crippen molar-refractivity contribution in [1.82, 2.24) is 19.7 Å². The fourth-order valence-corrected chi connectivity index (χ4v) is 3.54. The number of nitrogens with zero attached hydrogens (tertiary/aromatic N) is 4. The van der Waals surface area contributed by atoms with Crippen LogP contribution in [0.2, 0.25) is 5.15 Å². The van der Waals surface area contributed by atoms with E-state index in [1.54, 1.807) is 16.9 Å². The monoisotopic (exact) mass is 360 g/mol. The van der Waals surface area contributed by atoms with Crippen LogP contribution in [0.5, 0.6) is 5.88 Å². The molecule has 3 heterocycles. The van der Waals surface area contributed by atoms with E-state index >= 15 is 0 Å². The van der Waals surface area contributed by atoms with E-state index in [2.05, 4.69) is 15.1 Å². The number of aromatic nitrogens is 4. The first-order valence-corrected chi connectivity index (χ1v) is 8.75. The van der Waals surface area contributed by atoms with Crippen LogP contribution in [-0.4, -0.2) is 25.9 Å². The molecule has 7 heteroatoms. The van der Waals surface area contributed by atoms with Gasteiger partial charge in [-0.1, -0.05) is 11.6 Å². The van der Waals surface area contributed by atoms with Crippen molar-refractivity contribution in [2.75, 3.05) is 0 Å². The summed E-state index contributed by atoms with van der Waals surface area (Å²) >= 11 is 6.11. The zero-order valence-electron chi connectivity index (χ0n) is 13.8. The Morgan fingerprint density at radius 1 is 1.20 bits per heavy atom. The van der Waals surface area contributed by atoms with Crippen molar-refractivity contribution in [3.63, 3.8) is 0 Å². The number of ether oxygens (including phenoxy) is 1. The van der Waals surface area contributed by atoms with E-state index in [4.69, 9.17) is 16.3 Å². The van der Waals surface area contributed by atoms with Crippen molar-refractivity contribution in [3.05, 3.63) is 47.3 Å². The van der Waals surface area contributed by atoms with Crippen LogP contribution in [-0.2, 0) is 0 Å². The summed E-state index contributed by atoms with van der Waals surface area (Å²) < 4.78 is 21.0. The van der Waals surface area contributed by atoms with Gasteiger partial charge in [0, 0.05) is 12.3 Å². The molecule has 1 saturated carbocycles. The lowest BCUT2D eigenvalue weighted by atomic mass is 9.93. The van der Waals surface area contributed by atoms with E-state index < -0.39 is 0 Å². The Kier molecular flexibility index (Phi) is 4.29. The van der Waals surface area contributed by atoms with Gasteiger partial charge in [0.1, 0.15) is 11.3 Å². The van der Waals surface area contributed by atoms with Crippen LogP contribution in [0, 0.1) is 12.7 Å². The predicted molar refractivity (Wildman–Crippen MR) is 93.4 cm³/mol. The van der Waals surface area contributed by atoms with Gasteiger partial charge in [-0.15, -0.1) is 0 Å². The molecule has 3 aromatic rings. The Morgan fingerprint density at radius 2 is 2.00 bits per heavy atom. The third-order valence-electron chi connectivity index (χ3n) is 4.62. The summed E-state index contributed by atoms with van der Waals surface area (Å²) in [5, 5.41) is 5.32. The summed E-state index contributed by atoms with van der Waals surface area (Å²) in [6, 6.07) is 3.98. The third kappa shape index (κ3) is 3.44. The van der Waals surface area contributed by atoms with Gasteiger partial charge in [0.25, 0.3) is 0 Å². The molecule has 0 saturated heterocycles. The summed E-state index contributed by atoms with van der Waals surface area (Å²) in [5.74, 6) is 0.239. The molecule has 4 rings (SSSR count). The fraction of sp³-hybridized carbons (Fsp3) is 0.389. The van der Waals surface area contributed by atoms with Crippen LogP contribution in [0.25, 0.3) is 10.9 Å². The summed E-state index contributed by atoms with van der Waals surface area (Å²) in [7, 11) is 0. The Hall–Kier alpha value is -2.21. The zero-order chi connectivity index (χ0) is 17.4. The molecule has 0 atom stereocenters. The molecule has 0 bridgehead atoms. The molecular formula is C18H18ClFN4O. The summed E-state index contributed by atoms with van der Waals surface area (Å²) in [4.78, 5) is 8.75.